The molecule has 3 aromatic carbocycles. The highest BCUT2D eigenvalue weighted by atomic mass is 32.3. The van der Waals surface area contributed by atoms with Gasteiger partial charge in [-0.25, -0.2) is 4.79 Å². The Hall–Kier alpha value is -2.28. The molecule has 0 saturated carbocycles. The monoisotopic (exact) mass is 649 g/mol. The van der Waals surface area contributed by atoms with E-state index in [1.54, 1.807) is 9.79 Å². The van der Waals surface area contributed by atoms with E-state index >= 15 is 0 Å². The Labute approximate surface area is 270 Å². The number of rotatable bonds is 5. The van der Waals surface area contributed by atoms with E-state index in [0.29, 0.717) is 6.61 Å². The van der Waals surface area contributed by atoms with Gasteiger partial charge in [-0.1, -0.05) is 48.1 Å². The third-order valence-electron chi connectivity index (χ3n) is 9.90. The summed E-state index contributed by atoms with van der Waals surface area (Å²) in [5.41, 5.74) is 8.75. The lowest BCUT2D eigenvalue weighted by atomic mass is 9.86. The van der Waals surface area contributed by atoms with Crippen LogP contribution in [0.15, 0.2) is 78.4 Å². The average molecular weight is 650 g/mol. The standard InChI is InChI=1S/C38H51NO2S3/c1-14-33(40)41-17-15-16-24-18-27-34-28(19-24)43(10,11)30-21-26(38(5,6)7)23-32-36(30)39(34)35-29(42(27,8)9)20-25(37(2,3)4)22-31(35)44(32,12)13/h14,18-23H,1,15-17H2,2-13H3. The lowest BCUT2D eigenvalue weighted by Crippen LogP contribution is -2.32. The molecule has 238 valence electrons. The first-order valence-corrected chi connectivity index (χ1v) is 22.9. The summed E-state index contributed by atoms with van der Waals surface area (Å²) >= 11 is 0. The topological polar surface area (TPSA) is 29.5 Å². The van der Waals surface area contributed by atoms with Gasteiger partial charge in [0, 0.05) is 35.4 Å². The molecule has 0 fully saturated rings. The van der Waals surface area contributed by atoms with Gasteiger partial charge in [0.05, 0.1) is 23.7 Å². The molecule has 6 heteroatoms. The van der Waals surface area contributed by atoms with E-state index in [2.05, 4.69) is 127 Å². The van der Waals surface area contributed by atoms with Gasteiger partial charge in [-0.15, -0.1) is 0 Å². The van der Waals surface area contributed by atoms with Crippen LogP contribution in [0.1, 0.15) is 64.7 Å². The normalized spacial score (nSPS) is 20.2. The second-order valence-electron chi connectivity index (χ2n) is 15.9. The van der Waals surface area contributed by atoms with E-state index in [1.165, 1.54) is 59.4 Å². The van der Waals surface area contributed by atoms with Crippen LogP contribution < -0.4 is 4.90 Å². The van der Waals surface area contributed by atoms with Crippen molar-refractivity contribution >= 4 is 53.1 Å². The van der Waals surface area contributed by atoms with Gasteiger partial charge in [0.2, 0.25) is 0 Å². The first kappa shape index (κ1) is 31.7. The third-order valence-corrected chi connectivity index (χ3v) is 18.4. The van der Waals surface area contributed by atoms with Gasteiger partial charge < -0.3 is 9.64 Å². The van der Waals surface area contributed by atoms with Crippen LogP contribution in [0, 0.1) is 0 Å². The van der Waals surface area contributed by atoms with Crippen molar-refractivity contribution in [1.82, 2.24) is 0 Å². The molecule has 3 aliphatic heterocycles. The van der Waals surface area contributed by atoms with Gasteiger partial charge in [0.15, 0.2) is 0 Å². The number of ether oxygens (including phenoxy) is 1. The van der Waals surface area contributed by atoms with Crippen LogP contribution in [0.4, 0.5) is 17.1 Å². The molecule has 0 radical (unpaired) electrons. The predicted octanol–water partition coefficient (Wildman–Crippen LogP) is 10.8. The number of hydrogen-bond acceptors (Lipinski definition) is 3. The van der Waals surface area contributed by atoms with E-state index in [1.807, 2.05) is 0 Å². The highest BCUT2D eigenvalue weighted by Gasteiger charge is 2.50. The summed E-state index contributed by atoms with van der Waals surface area (Å²) in [6.07, 6.45) is 18.1. The fourth-order valence-corrected chi connectivity index (χ4v) is 14.6. The largest absolute Gasteiger partial charge is 0.463 e. The van der Waals surface area contributed by atoms with Crippen LogP contribution >= 0.6 is 30.1 Å². The zero-order chi connectivity index (χ0) is 32.4. The average Bonchev–Trinajstić information content (AvgIpc) is 2.92. The molecule has 3 nitrogen and oxygen atoms in total. The second kappa shape index (κ2) is 9.86. The molecule has 3 aromatic rings. The molecule has 3 aliphatic rings. The van der Waals surface area contributed by atoms with E-state index < -0.39 is 30.1 Å². The smallest absolute Gasteiger partial charge is 0.330 e. The van der Waals surface area contributed by atoms with E-state index in [-0.39, 0.29) is 16.8 Å². The molecule has 0 amide bonds. The molecule has 0 aliphatic carbocycles. The lowest BCUT2D eigenvalue weighted by molar-refractivity contribution is -0.137. The molecular weight excluding hydrogens is 599 g/mol. The summed E-state index contributed by atoms with van der Waals surface area (Å²) < 4.78 is 5.36. The Morgan fingerprint density at radius 2 is 1.02 bits per heavy atom. The first-order valence-electron chi connectivity index (χ1n) is 15.6. The maximum Gasteiger partial charge on any atom is 0.330 e. The van der Waals surface area contributed by atoms with Crippen molar-refractivity contribution < 1.29 is 9.53 Å². The molecule has 0 unspecified atom stereocenters. The Morgan fingerprint density at radius 1 is 0.682 bits per heavy atom. The Kier molecular flexibility index (Phi) is 7.10. The highest BCUT2D eigenvalue weighted by molar-refractivity contribution is 8.34. The zero-order valence-electron chi connectivity index (χ0n) is 28.9. The van der Waals surface area contributed by atoms with Crippen molar-refractivity contribution in [2.45, 2.75) is 94.6 Å². The minimum atomic E-state index is -1.33. The number of carbonyl (C=O) groups is 1. The third kappa shape index (κ3) is 4.52. The second-order valence-corrected chi connectivity index (χ2v) is 26.5. The summed E-state index contributed by atoms with van der Waals surface area (Å²) in [6, 6.07) is 15.3. The molecule has 0 N–H and O–H groups in total. The molecule has 0 aromatic heterocycles. The van der Waals surface area contributed by atoms with Crippen molar-refractivity contribution in [2.75, 3.05) is 49.0 Å². The lowest BCUT2D eigenvalue weighted by Gasteiger charge is -2.58. The minimum Gasteiger partial charge on any atom is -0.463 e. The number of nitrogens with zero attached hydrogens (tertiary/aromatic N) is 1. The number of hydrogen-bond donors (Lipinski definition) is 0. The van der Waals surface area contributed by atoms with Crippen molar-refractivity contribution in [2.24, 2.45) is 0 Å². The molecule has 3 heterocycles. The Balaban J connectivity index is 1.69. The summed E-state index contributed by atoms with van der Waals surface area (Å²) in [7, 11) is -3.95. The van der Waals surface area contributed by atoms with Crippen LogP contribution in [0.2, 0.25) is 0 Å². The summed E-state index contributed by atoms with van der Waals surface area (Å²) in [6.45, 7) is 18.1. The fraction of sp³-hybridized carbons (Fsp3) is 0.447. The van der Waals surface area contributed by atoms with Crippen molar-refractivity contribution in [3.05, 3.63) is 65.7 Å². The van der Waals surface area contributed by atoms with Crippen LogP contribution in [-0.4, -0.2) is 50.1 Å². The number of carbonyl (C=O) groups excluding carboxylic acids is 1. The molecule has 44 heavy (non-hydrogen) atoms. The Bertz CT molecular complexity index is 1640. The zero-order valence-corrected chi connectivity index (χ0v) is 31.3. The van der Waals surface area contributed by atoms with E-state index in [9.17, 15) is 4.79 Å². The summed E-state index contributed by atoms with van der Waals surface area (Å²) in [5.74, 6) is -0.346. The fourth-order valence-electron chi connectivity index (χ4n) is 7.01. The molecule has 0 saturated heterocycles. The van der Waals surface area contributed by atoms with Gasteiger partial charge in [-0.3, -0.25) is 0 Å². The number of benzene rings is 3. The van der Waals surface area contributed by atoms with Crippen LogP contribution in [-0.2, 0) is 26.8 Å². The molecular formula is C38H51NO2S3. The van der Waals surface area contributed by atoms with Gasteiger partial charge in [0.1, 0.15) is 0 Å². The number of esters is 1. The van der Waals surface area contributed by atoms with Gasteiger partial charge in [0.25, 0.3) is 0 Å². The minimum absolute atomic E-state index is 0.0550. The quantitative estimate of drug-likeness (QED) is 0.156. The van der Waals surface area contributed by atoms with Crippen molar-refractivity contribution in [3.63, 3.8) is 0 Å². The first-order chi connectivity index (χ1) is 20.2. The highest BCUT2D eigenvalue weighted by Crippen LogP contribution is 2.82. The van der Waals surface area contributed by atoms with E-state index in [4.69, 9.17) is 4.74 Å². The summed E-state index contributed by atoms with van der Waals surface area (Å²) in [5, 5.41) is 0. The van der Waals surface area contributed by atoms with E-state index in [0.717, 1.165) is 12.8 Å². The number of anilines is 3. The number of aryl methyl sites for hydroxylation is 1. The Morgan fingerprint density at radius 3 is 1.34 bits per heavy atom. The van der Waals surface area contributed by atoms with Crippen LogP contribution in [0.3, 0.4) is 0 Å². The predicted molar refractivity (Wildman–Crippen MR) is 196 cm³/mol. The van der Waals surface area contributed by atoms with Gasteiger partial charge in [-0.05, 0) is 114 Å². The molecule has 0 bridgehead atoms. The van der Waals surface area contributed by atoms with Crippen LogP contribution in [0.25, 0.3) is 0 Å². The molecule has 0 spiro atoms. The van der Waals surface area contributed by atoms with Gasteiger partial charge in [-0.2, -0.15) is 30.1 Å². The maximum absolute atomic E-state index is 11.7. The van der Waals surface area contributed by atoms with Gasteiger partial charge >= 0.3 is 5.97 Å². The SMILES string of the molecule is C=CC(=O)OCCCc1cc2c3c(c1)S(C)(C)c1cc(C(C)(C)C)cc4c1N3c1c(cc(C(C)(C)C)cc1S4(C)C)S2(C)C. The van der Waals surface area contributed by atoms with Crippen molar-refractivity contribution in [1.29, 1.82) is 0 Å². The molecule has 6 rings (SSSR count). The van der Waals surface area contributed by atoms with Crippen molar-refractivity contribution in [3.8, 4) is 0 Å². The molecule has 0 atom stereocenters. The summed E-state index contributed by atoms with van der Waals surface area (Å²) in [4.78, 5) is 23.6. The van der Waals surface area contributed by atoms with Crippen LogP contribution in [0.5, 0.6) is 0 Å². The maximum atomic E-state index is 11.7.